The number of hydrogen-bond donors (Lipinski definition) is 2. The highest BCUT2D eigenvalue weighted by atomic mass is 35.5. The van der Waals surface area contributed by atoms with E-state index < -0.39 is 32.3 Å². The molecular weight excluding hydrogens is 341 g/mol. The van der Waals surface area contributed by atoms with Gasteiger partial charge in [-0.05, 0) is 31.0 Å². The summed E-state index contributed by atoms with van der Waals surface area (Å²) >= 11 is 5.74. The van der Waals surface area contributed by atoms with E-state index in [4.69, 9.17) is 17.3 Å². The molecule has 0 amide bonds. The molecule has 1 aromatic rings. The fourth-order valence-corrected chi connectivity index (χ4v) is 4.65. The Hall–Kier alpha value is -0.830. The van der Waals surface area contributed by atoms with Gasteiger partial charge in [0.1, 0.15) is 4.90 Å². The summed E-state index contributed by atoms with van der Waals surface area (Å²) < 4.78 is 65.1. The molecule has 0 bridgehead atoms. The van der Waals surface area contributed by atoms with Crippen LogP contribution in [0.1, 0.15) is 31.2 Å². The van der Waals surface area contributed by atoms with Gasteiger partial charge in [0.15, 0.2) is 0 Å². The van der Waals surface area contributed by atoms with Crippen molar-refractivity contribution in [3.8, 4) is 0 Å². The molecule has 0 unspecified atom stereocenters. The lowest BCUT2D eigenvalue weighted by atomic mass is 10.0. The van der Waals surface area contributed by atoms with Gasteiger partial charge in [-0.1, -0.05) is 24.4 Å². The van der Waals surface area contributed by atoms with Gasteiger partial charge in [-0.2, -0.15) is 13.2 Å². The Labute approximate surface area is 131 Å². The second kappa shape index (κ2) is 5.99. The molecule has 3 N–H and O–H groups in total. The molecular formula is C13H16ClF3N2O2S. The van der Waals surface area contributed by atoms with Crippen LogP contribution < -0.4 is 10.5 Å². The third-order valence-electron chi connectivity index (χ3n) is 3.85. The summed E-state index contributed by atoms with van der Waals surface area (Å²) in [5.41, 5.74) is 3.92. The molecule has 1 aliphatic rings. The fraction of sp³-hybridized carbons (Fsp3) is 0.538. The van der Waals surface area contributed by atoms with Crippen molar-refractivity contribution in [1.82, 2.24) is 4.72 Å². The van der Waals surface area contributed by atoms with Crippen LogP contribution in [-0.4, -0.2) is 20.5 Å². The number of rotatable bonds is 4. The summed E-state index contributed by atoms with van der Waals surface area (Å²) in [6, 6.07) is 2.18. The third-order valence-corrected chi connectivity index (χ3v) is 5.91. The number of halogens is 4. The monoisotopic (exact) mass is 356 g/mol. The lowest BCUT2D eigenvalue weighted by Crippen LogP contribution is -2.51. The molecule has 1 fully saturated rings. The van der Waals surface area contributed by atoms with Gasteiger partial charge in [-0.25, -0.2) is 13.1 Å². The Balaban J connectivity index is 2.34. The maximum atomic E-state index is 12.6. The van der Waals surface area contributed by atoms with Crippen LogP contribution in [0.2, 0.25) is 5.02 Å². The van der Waals surface area contributed by atoms with Gasteiger partial charge >= 0.3 is 6.18 Å². The number of nitrogens with two attached hydrogens (primary N) is 1. The molecule has 0 saturated heterocycles. The topological polar surface area (TPSA) is 72.2 Å². The molecule has 9 heteroatoms. The van der Waals surface area contributed by atoms with E-state index in [9.17, 15) is 21.6 Å². The first-order chi connectivity index (χ1) is 10.1. The van der Waals surface area contributed by atoms with Crippen LogP contribution in [0.5, 0.6) is 0 Å². The molecule has 0 radical (unpaired) electrons. The summed E-state index contributed by atoms with van der Waals surface area (Å²) in [4.78, 5) is -0.373. The second-order valence-electron chi connectivity index (χ2n) is 5.44. The second-order valence-corrected chi connectivity index (χ2v) is 7.50. The van der Waals surface area contributed by atoms with Crippen LogP contribution in [-0.2, 0) is 16.2 Å². The summed E-state index contributed by atoms with van der Waals surface area (Å²) in [6.45, 7) is 0.129. The molecule has 0 aromatic heterocycles. The summed E-state index contributed by atoms with van der Waals surface area (Å²) in [6.07, 6.45) is -1.69. The molecule has 1 aromatic carbocycles. The van der Waals surface area contributed by atoms with E-state index in [-0.39, 0.29) is 11.4 Å². The van der Waals surface area contributed by atoms with Crippen LogP contribution in [0.4, 0.5) is 13.2 Å². The van der Waals surface area contributed by atoms with Crippen molar-refractivity contribution in [2.24, 2.45) is 5.73 Å². The van der Waals surface area contributed by atoms with E-state index in [0.29, 0.717) is 25.0 Å². The molecule has 1 saturated carbocycles. The highest BCUT2D eigenvalue weighted by Gasteiger charge is 2.38. The maximum Gasteiger partial charge on any atom is 0.416 e. The summed E-state index contributed by atoms with van der Waals surface area (Å²) in [5.74, 6) is 0. The summed E-state index contributed by atoms with van der Waals surface area (Å²) in [5, 5.41) is -0.465. The van der Waals surface area contributed by atoms with Crippen molar-refractivity contribution in [2.75, 3.05) is 6.54 Å². The number of sulfonamides is 1. The average molecular weight is 357 g/mol. The van der Waals surface area contributed by atoms with E-state index in [0.717, 1.165) is 18.9 Å². The number of nitrogens with one attached hydrogen (secondary N) is 1. The van der Waals surface area contributed by atoms with Gasteiger partial charge < -0.3 is 5.73 Å². The summed E-state index contributed by atoms with van der Waals surface area (Å²) in [7, 11) is -4.04. The van der Waals surface area contributed by atoms with Crippen molar-refractivity contribution in [1.29, 1.82) is 0 Å². The molecule has 4 nitrogen and oxygen atoms in total. The molecule has 2 rings (SSSR count). The number of hydrogen-bond acceptors (Lipinski definition) is 3. The van der Waals surface area contributed by atoms with Gasteiger partial charge in [-0.15, -0.1) is 0 Å². The minimum absolute atomic E-state index is 0.129. The van der Waals surface area contributed by atoms with Gasteiger partial charge in [0.25, 0.3) is 0 Å². The van der Waals surface area contributed by atoms with Gasteiger partial charge in [0.2, 0.25) is 10.0 Å². The van der Waals surface area contributed by atoms with E-state index in [1.807, 2.05) is 0 Å². The van der Waals surface area contributed by atoms with Gasteiger partial charge in [0.05, 0.1) is 10.6 Å². The largest absolute Gasteiger partial charge is 0.416 e. The highest BCUT2D eigenvalue weighted by Crippen LogP contribution is 2.35. The average Bonchev–Trinajstić information content (AvgIpc) is 2.85. The molecule has 124 valence electrons. The Kier molecular flexibility index (Phi) is 4.77. The van der Waals surface area contributed by atoms with E-state index in [2.05, 4.69) is 4.72 Å². The van der Waals surface area contributed by atoms with E-state index >= 15 is 0 Å². The van der Waals surface area contributed by atoms with Crippen LogP contribution in [0.3, 0.4) is 0 Å². The lowest BCUT2D eigenvalue weighted by molar-refractivity contribution is -0.137. The molecule has 0 heterocycles. The molecule has 0 aliphatic heterocycles. The number of alkyl halides is 3. The maximum absolute atomic E-state index is 12.6. The van der Waals surface area contributed by atoms with E-state index in [1.54, 1.807) is 0 Å². The first kappa shape index (κ1) is 17.5. The van der Waals surface area contributed by atoms with Crippen LogP contribution in [0.15, 0.2) is 23.1 Å². The van der Waals surface area contributed by atoms with Crippen molar-refractivity contribution in [3.05, 3.63) is 28.8 Å². The standard InChI is InChI=1S/C13H16ClF3N2O2S/c14-10-7-9(13(15,16)17)3-4-11(10)22(20,21)19-12(8-18)5-1-2-6-12/h3-4,7,19H,1-2,5-6,8,18H2. The SMILES string of the molecule is NCC1(NS(=O)(=O)c2ccc(C(F)(F)F)cc2Cl)CCCC1. The highest BCUT2D eigenvalue weighted by molar-refractivity contribution is 7.89. The fourth-order valence-electron chi connectivity index (χ4n) is 2.63. The van der Waals surface area contributed by atoms with Crippen molar-refractivity contribution in [2.45, 2.75) is 42.3 Å². The molecule has 22 heavy (non-hydrogen) atoms. The van der Waals surface area contributed by atoms with Crippen molar-refractivity contribution < 1.29 is 21.6 Å². The zero-order chi connectivity index (χ0) is 16.6. The minimum Gasteiger partial charge on any atom is -0.329 e. The first-order valence-electron chi connectivity index (χ1n) is 6.70. The van der Waals surface area contributed by atoms with Crippen LogP contribution in [0.25, 0.3) is 0 Å². The quantitative estimate of drug-likeness (QED) is 0.871. The third kappa shape index (κ3) is 3.56. The Morgan fingerprint density at radius 2 is 1.86 bits per heavy atom. The number of benzene rings is 1. The molecule has 1 aliphatic carbocycles. The Morgan fingerprint density at radius 1 is 1.27 bits per heavy atom. The van der Waals surface area contributed by atoms with Crippen molar-refractivity contribution in [3.63, 3.8) is 0 Å². The lowest BCUT2D eigenvalue weighted by Gasteiger charge is -2.28. The molecule has 0 atom stereocenters. The van der Waals surface area contributed by atoms with Gasteiger partial charge in [-0.3, -0.25) is 0 Å². The smallest absolute Gasteiger partial charge is 0.329 e. The Bertz CT molecular complexity index is 656. The van der Waals surface area contributed by atoms with E-state index in [1.165, 1.54) is 0 Å². The minimum atomic E-state index is -4.58. The van der Waals surface area contributed by atoms with Crippen LogP contribution >= 0.6 is 11.6 Å². The van der Waals surface area contributed by atoms with Crippen LogP contribution in [0, 0.1) is 0 Å². The predicted molar refractivity (Wildman–Crippen MR) is 77.0 cm³/mol. The molecule has 0 spiro atoms. The normalized spacial score (nSPS) is 18.6. The zero-order valence-electron chi connectivity index (χ0n) is 11.6. The van der Waals surface area contributed by atoms with Crippen molar-refractivity contribution >= 4 is 21.6 Å². The predicted octanol–water partition coefficient (Wildman–Crippen LogP) is 2.91. The zero-order valence-corrected chi connectivity index (χ0v) is 13.2. The Morgan fingerprint density at radius 3 is 2.32 bits per heavy atom. The first-order valence-corrected chi connectivity index (χ1v) is 8.57. The van der Waals surface area contributed by atoms with Gasteiger partial charge in [0, 0.05) is 12.1 Å².